The molecule has 4 rings (SSSR count). The summed E-state index contributed by atoms with van der Waals surface area (Å²) in [7, 11) is 0. The van der Waals surface area contributed by atoms with Crippen molar-refractivity contribution in [3.8, 4) is 11.5 Å². The first kappa shape index (κ1) is 16.1. The molecule has 0 saturated carbocycles. The first-order valence-electron chi connectivity index (χ1n) is 7.63. The van der Waals surface area contributed by atoms with E-state index in [-0.39, 0.29) is 5.91 Å². The van der Waals surface area contributed by atoms with E-state index in [1.165, 1.54) is 6.08 Å². The summed E-state index contributed by atoms with van der Waals surface area (Å²) in [6.45, 7) is 1.02. The highest BCUT2D eigenvalue weighted by molar-refractivity contribution is 9.10. The summed E-state index contributed by atoms with van der Waals surface area (Å²) in [5, 5.41) is 3.62. The third kappa shape index (κ3) is 3.52. The van der Waals surface area contributed by atoms with Crippen molar-refractivity contribution in [2.75, 3.05) is 18.5 Å². The molecular formula is C18H13BrN2O3S. The number of benzene rings is 2. The summed E-state index contributed by atoms with van der Waals surface area (Å²) in [6, 6.07) is 11.4. The number of fused-ring (bicyclic) bond motifs is 2. The number of halogens is 1. The second-order valence-electron chi connectivity index (χ2n) is 5.32. The molecule has 25 heavy (non-hydrogen) atoms. The maximum absolute atomic E-state index is 12.2. The summed E-state index contributed by atoms with van der Waals surface area (Å²) < 4.78 is 12.9. The van der Waals surface area contributed by atoms with Gasteiger partial charge in [-0.1, -0.05) is 12.1 Å². The lowest BCUT2D eigenvalue weighted by molar-refractivity contribution is -0.111. The summed E-state index contributed by atoms with van der Waals surface area (Å²) in [6.07, 6.45) is 3.19. The number of para-hydroxylation sites is 1. The molecular weight excluding hydrogens is 404 g/mol. The number of carbonyl (C=O) groups is 1. The quantitative estimate of drug-likeness (QED) is 0.639. The Hall–Kier alpha value is -2.38. The van der Waals surface area contributed by atoms with E-state index in [1.54, 1.807) is 29.5 Å². The highest BCUT2D eigenvalue weighted by Gasteiger charge is 2.15. The molecule has 1 aliphatic rings. The molecule has 5 nitrogen and oxygen atoms in total. The minimum atomic E-state index is -0.239. The molecule has 126 valence electrons. The number of amides is 1. The lowest BCUT2D eigenvalue weighted by Gasteiger charge is -2.19. The summed E-state index contributed by atoms with van der Waals surface area (Å²) in [5.74, 6) is 1.05. The Morgan fingerprint density at radius 1 is 1.20 bits per heavy atom. The number of hydrogen-bond donors (Lipinski definition) is 1. The van der Waals surface area contributed by atoms with Gasteiger partial charge >= 0.3 is 0 Å². The van der Waals surface area contributed by atoms with Crippen LogP contribution in [0.1, 0.15) is 5.01 Å². The Morgan fingerprint density at radius 2 is 1.96 bits per heavy atom. The van der Waals surface area contributed by atoms with Gasteiger partial charge in [-0.15, -0.1) is 11.3 Å². The third-order valence-corrected chi connectivity index (χ3v) is 5.24. The van der Waals surface area contributed by atoms with Gasteiger partial charge in [0.05, 0.1) is 15.9 Å². The van der Waals surface area contributed by atoms with E-state index >= 15 is 0 Å². The SMILES string of the molecule is O=C(/C=C/c1nc2ccccc2s1)Nc1cc2c(cc1Br)OCCO2. The standard InChI is InChI=1S/C18H13BrN2O3S/c19-11-9-14-15(24-8-7-23-14)10-13(11)20-17(22)5-6-18-21-12-3-1-2-4-16(12)25-18/h1-6,9-10H,7-8H2,(H,20,22)/b6-5+. The molecule has 1 amide bonds. The molecule has 1 aromatic heterocycles. The van der Waals surface area contributed by atoms with Crippen LogP contribution in [-0.4, -0.2) is 24.1 Å². The van der Waals surface area contributed by atoms with Gasteiger partial charge in [-0.05, 0) is 34.1 Å². The Morgan fingerprint density at radius 3 is 2.76 bits per heavy atom. The normalized spacial score (nSPS) is 13.3. The Balaban J connectivity index is 1.50. The maximum atomic E-state index is 12.2. The molecule has 0 fully saturated rings. The van der Waals surface area contributed by atoms with Crippen molar-refractivity contribution < 1.29 is 14.3 Å². The predicted molar refractivity (Wildman–Crippen MR) is 102 cm³/mol. The minimum Gasteiger partial charge on any atom is -0.486 e. The Kier molecular flexibility index (Phi) is 4.42. The van der Waals surface area contributed by atoms with Crippen LogP contribution in [0.2, 0.25) is 0 Å². The zero-order valence-corrected chi connectivity index (χ0v) is 15.4. The van der Waals surface area contributed by atoms with Crippen LogP contribution in [0.4, 0.5) is 5.69 Å². The molecule has 2 heterocycles. The number of thiazole rings is 1. The van der Waals surface area contributed by atoms with Gasteiger partial charge in [0.1, 0.15) is 18.2 Å². The van der Waals surface area contributed by atoms with E-state index in [9.17, 15) is 4.79 Å². The van der Waals surface area contributed by atoms with Crippen molar-refractivity contribution in [2.24, 2.45) is 0 Å². The van der Waals surface area contributed by atoms with Crippen LogP contribution < -0.4 is 14.8 Å². The number of rotatable bonds is 3. The van der Waals surface area contributed by atoms with E-state index in [1.807, 2.05) is 24.3 Å². The van der Waals surface area contributed by atoms with Crippen molar-refractivity contribution in [2.45, 2.75) is 0 Å². The van der Waals surface area contributed by atoms with Crippen LogP contribution in [0.3, 0.4) is 0 Å². The van der Waals surface area contributed by atoms with E-state index in [0.29, 0.717) is 30.4 Å². The van der Waals surface area contributed by atoms with Crippen LogP contribution in [0.25, 0.3) is 16.3 Å². The molecule has 0 saturated heterocycles. The molecule has 0 aliphatic carbocycles. The molecule has 0 unspecified atom stereocenters. The summed E-state index contributed by atoms with van der Waals surface area (Å²) in [4.78, 5) is 16.7. The fraction of sp³-hybridized carbons (Fsp3) is 0.111. The van der Waals surface area contributed by atoms with Gasteiger partial charge in [0.15, 0.2) is 11.5 Å². The van der Waals surface area contributed by atoms with Crippen LogP contribution >= 0.6 is 27.3 Å². The van der Waals surface area contributed by atoms with Gasteiger partial charge in [0, 0.05) is 22.7 Å². The first-order valence-corrected chi connectivity index (χ1v) is 9.24. The number of aromatic nitrogens is 1. The van der Waals surface area contributed by atoms with Gasteiger partial charge in [0.25, 0.3) is 0 Å². The van der Waals surface area contributed by atoms with E-state index < -0.39 is 0 Å². The average Bonchev–Trinajstić information content (AvgIpc) is 3.03. The molecule has 0 spiro atoms. The van der Waals surface area contributed by atoms with Gasteiger partial charge in [-0.3, -0.25) is 4.79 Å². The van der Waals surface area contributed by atoms with E-state index in [2.05, 4.69) is 26.2 Å². The molecule has 7 heteroatoms. The Bertz CT molecular complexity index is 951. The van der Waals surface area contributed by atoms with Gasteiger partial charge < -0.3 is 14.8 Å². The van der Waals surface area contributed by atoms with Crippen molar-refractivity contribution in [1.82, 2.24) is 4.98 Å². The van der Waals surface area contributed by atoms with Crippen LogP contribution in [0.5, 0.6) is 11.5 Å². The monoisotopic (exact) mass is 416 g/mol. The van der Waals surface area contributed by atoms with E-state index in [0.717, 1.165) is 19.7 Å². The number of nitrogens with one attached hydrogen (secondary N) is 1. The molecule has 0 radical (unpaired) electrons. The number of anilines is 1. The number of carbonyl (C=O) groups excluding carboxylic acids is 1. The zero-order chi connectivity index (χ0) is 17.2. The minimum absolute atomic E-state index is 0.239. The molecule has 3 aromatic rings. The van der Waals surface area contributed by atoms with Crippen molar-refractivity contribution in [3.63, 3.8) is 0 Å². The number of hydrogen-bond acceptors (Lipinski definition) is 5. The van der Waals surface area contributed by atoms with Crippen molar-refractivity contribution in [1.29, 1.82) is 0 Å². The molecule has 1 aliphatic heterocycles. The second kappa shape index (κ2) is 6.85. The van der Waals surface area contributed by atoms with Crippen LogP contribution in [0, 0.1) is 0 Å². The zero-order valence-electron chi connectivity index (χ0n) is 13.0. The fourth-order valence-corrected chi connectivity index (χ4v) is 3.73. The molecule has 2 aromatic carbocycles. The largest absolute Gasteiger partial charge is 0.486 e. The molecule has 0 atom stereocenters. The fourth-order valence-electron chi connectivity index (χ4n) is 2.44. The van der Waals surface area contributed by atoms with Crippen molar-refractivity contribution in [3.05, 3.63) is 52.0 Å². The highest BCUT2D eigenvalue weighted by atomic mass is 79.9. The van der Waals surface area contributed by atoms with Gasteiger partial charge in [-0.25, -0.2) is 4.98 Å². The van der Waals surface area contributed by atoms with Crippen LogP contribution in [0.15, 0.2) is 46.9 Å². The van der Waals surface area contributed by atoms with Crippen molar-refractivity contribution >= 4 is 55.2 Å². The smallest absolute Gasteiger partial charge is 0.248 e. The topological polar surface area (TPSA) is 60.5 Å². The van der Waals surface area contributed by atoms with Gasteiger partial charge in [-0.2, -0.15) is 0 Å². The predicted octanol–water partition coefficient (Wildman–Crippen LogP) is 4.48. The number of ether oxygens (including phenoxy) is 2. The van der Waals surface area contributed by atoms with Crippen LogP contribution in [-0.2, 0) is 4.79 Å². The summed E-state index contributed by atoms with van der Waals surface area (Å²) in [5.41, 5.74) is 1.56. The lowest BCUT2D eigenvalue weighted by Crippen LogP contribution is -2.16. The molecule has 1 N–H and O–H groups in total. The van der Waals surface area contributed by atoms with Gasteiger partial charge in [0.2, 0.25) is 5.91 Å². The lowest BCUT2D eigenvalue weighted by atomic mass is 10.2. The summed E-state index contributed by atoms with van der Waals surface area (Å²) >= 11 is 4.98. The van der Waals surface area contributed by atoms with E-state index in [4.69, 9.17) is 9.47 Å². The average molecular weight is 417 g/mol. The highest BCUT2D eigenvalue weighted by Crippen LogP contribution is 2.38. The second-order valence-corrected chi connectivity index (χ2v) is 7.23. The number of nitrogens with zero attached hydrogens (tertiary/aromatic N) is 1. The Labute approximate surface area is 156 Å². The first-order chi connectivity index (χ1) is 12.2. The molecule has 0 bridgehead atoms. The third-order valence-electron chi connectivity index (χ3n) is 3.58. The maximum Gasteiger partial charge on any atom is 0.248 e.